The molecule has 0 bridgehead atoms. The SMILES string of the molecule is Cc1cncc(NCC2CCCCN2CCn2nc3c(cc2=O)CCCC3)n1. The Kier molecular flexibility index (Phi) is 6.00. The van der Waals surface area contributed by atoms with Crippen LogP contribution in [0, 0.1) is 6.92 Å². The van der Waals surface area contributed by atoms with Gasteiger partial charge in [-0.05, 0) is 57.6 Å². The van der Waals surface area contributed by atoms with E-state index in [2.05, 4.69) is 25.3 Å². The van der Waals surface area contributed by atoms with Gasteiger partial charge in [-0.15, -0.1) is 0 Å². The van der Waals surface area contributed by atoms with Crippen LogP contribution >= 0.6 is 0 Å². The highest BCUT2D eigenvalue weighted by molar-refractivity contribution is 5.31. The Morgan fingerprint density at radius 3 is 2.93 bits per heavy atom. The summed E-state index contributed by atoms with van der Waals surface area (Å²) in [5, 5.41) is 8.11. The van der Waals surface area contributed by atoms with Crippen LogP contribution in [0.1, 0.15) is 49.1 Å². The van der Waals surface area contributed by atoms with Crippen LogP contribution in [-0.4, -0.2) is 50.3 Å². The van der Waals surface area contributed by atoms with Gasteiger partial charge in [0.25, 0.3) is 5.56 Å². The highest BCUT2D eigenvalue weighted by atomic mass is 16.1. The molecule has 7 heteroatoms. The summed E-state index contributed by atoms with van der Waals surface area (Å²) in [7, 11) is 0. The molecule has 0 radical (unpaired) electrons. The summed E-state index contributed by atoms with van der Waals surface area (Å²) < 4.78 is 1.68. The monoisotopic (exact) mass is 382 g/mol. The zero-order valence-electron chi connectivity index (χ0n) is 16.7. The first-order valence-electron chi connectivity index (χ1n) is 10.6. The predicted molar refractivity (Wildman–Crippen MR) is 110 cm³/mol. The molecule has 2 aromatic heterocycles. The maximum absolute atomic E-state index is 12.4. The minimum atomic E-state index is 0.0439. The summed E-state index contributed by atoms with van der Waals surface area (Å²) in [4.78, 5) is 23.6. The van der Waals surface area contributed by atoms with E-state index >= 15 is 0 Å². The Morgan fingerprint density at radius 1 is 1.14 bits per heavy atom. The lowest BCUT2D eigenvalue weighted by Crippen LogP contribution is -2.45. The molecule has 1 atom stereocenters. The van der Waals surface area contributed by atoms with E-state index in [0.29, 0.717) is 12.6 Å². The number of nitrogens with zero attached hydrogens (tertiary/aromatic N) is 5. The smallest absolute Gasteiger partial charge is 0.267 e. The minimum Gasteiger partial charge on any atom is -0.367 e. The van der Waals surface area contributed by atoms with Gasteiger partial charge in [-0.2, -0.15) is 5.10 Å². The second-order valence-corrected chi connectivity index (χ2v) is 8.00. The molecular formula is C21H30N6O. The normalized spacial score (nSPS) is 20.0. The van der Waals surface area contributed by atoms with Crippen LogP contribution in [0.25, 0.3) is 0 Å². The molecule has 1 aliphatic heterocycles. The van der Waals surface area contributed by atoms with Crippen molar-refractivity contribution >= 4 is 5.82 Å². The van der Waals surface area contributed by atoms with Crippen molar-refractivity contribution in [2.75, 3.05) is 25.0 Å². The molecule has 150 valence electrons. The van der Waals surface area contributed by atoms with E-state index in [0.717, 1.165) is 55.2 Å². The number of likely N-dealkylation sites (tertiary alicyclic amines) is 1. The zero-order chi connectivity index (χ0) is 19.3. The quantitative estimate of drug-likeness (QED) is 0.825. The highest BCUT2D eigenvalue weighted by Crippen LogP contribution is 2.19. The Bertz CT molecular complexity index is 864. The van der Waals surface area contributed by atoms with Crippen molar-refractivity contribution in [1.82, 2.24) is 24.6 Å². The van der Waals surface area contributed by atoms with Crippen molar-refractivity contribution in [3.8, 4) is 0 Å². The number of nitrogens with one attached hydrogen (secondary N) is 1. The third kappa shape index (κ3) is 4.58. The molecule has 3 heterocycles. The number of anilines is 1. The Morgan fingerprint density at radius 2 is 2.04 bits per heavy atom. The van der Waals surface area contributed by atoms with Crippen LogP contribution in [-0.2, 0) is 19.4 Å². The molecule has 2 aliphatic rings. The molecule has 1 unspecified atom stereocenters. The van der Waals surface area contributed by atoms with Crippen molar-refractivity contribution in [2.45, 2.75) is 64.5 Å². The average Bonchev–Trinajstić information content (AvgIpc) is 2.71. The molecular weight excluding hydrogens is 352 g/mol. The van der Waals surface area contributed by atoms with Crippen LogP contribution in [0.5, 0.6) is 0 Å². The van der Waals surface area contributed by atoms with E-state index in [1.54, 1.807) is 17.1 Å². The van der Waals surface area contributed by atoms with E-state index in [4.69, 9.17) is 0 Å². The molecule has 1 N–H and O–H groups in total. The molecule has 2 aromatic rings. The van der Waals surface area contributed by atoms with Crippen molar-refractivity contribution < 1.29 is 0 Å². The molecule has 1 saturated heterocycles. The first-order chi connectivity index (χ1) is 13.7. The van der Waals surface area contributed by atoms with Crippen LogP contribution in [0.4, 0.5) is 5.82 Å². The van der Waals surface area contributed by atoms with Crippen molar-refractivity contribution in [3.05, 3.63) is 45.8 Å². The first-order valence-corrected chi connectivity index (χ1v) is 10.6. The number of hydrogen-bond acceptors (Lipinski definition) is 6. The summed E-state index contributed by atoms with van der Waals surface area (Å²) in [6.07, 6.45) is 11.5. The third-order valence-electron chi connectivity index (χ3n) is 5.90. The number of piperidine rings is 1. The van der Waals surface area contributed by atoms with Gasteiger partial charge in [-0.25, -0.2) is 9.67 Å². The molecule has 4 rings (SSSR count). The average molecular weight is 383 g/mol. The van der Waals surface area contributed by atoms with Crippen LogP contribution in [0.15, 0.2) is 23.3 Å². The van der Waals surface area contributed by atoms with E-state index in [1.165, 1.54) is 32.1 Å². The number of aromatic nitrogens is 4. The Hall–Kier alpha value is -2.28. The van der Waals surface area contributed by atoms with Gasteiger partial charge in [0, 0.05) is 31.4 Å². The fraction of sp³-hybridized carbons (Fsp3) is 0.619. The molecule has 7 nitrogen and oxygen atoms in total. The maximum atomic E-state index is 12.4. The second kappa shape index (κ2) is 8.82. The van der Waals surface area contributed by atoms with Crippen molar-refractivity contribution in [2.24, 2.45) is 0 Å². The van der Waals surface area contributed by atoms with Gasteiger partial charge in [-0.1, -0.05) is 6.42 Å². The van der Waals surface area contributed by atoms with Gasteiger partial charge in [0.2, 0.25) is 0 Å². The Labute approximate surface area is 166 Å². The topological polar surface area (TPSA) is 75.9 Å². The molecule has 0 aromatic carbocycles. The summed E-state index contributed by atoms with van der Waals surface area (Å²) >= 11 is 0. The molecule has 0 saturated carbocycles. The largest absolute Gasteiger partial charge is 0.367 e. The van der Waals surface area contributed by atoms with E-state index in [9.17, 15) is 4.79 Å². The van der Waals surface area contributed by atoms with Crippen LogP contribution < -0.4 is 10.9 Å². The zero-order valence-corrected chi connectivity index (χ0v) is 16.7. The third-order valence-corrected chi connectivity index (χ3v) is 5.90. The van der Waals surface area contributed by atoms with Crippen LogP contribution in [0.2, 0.25) is 0 Å². The van der Waals surface area contributed by atoms with Gasteiger partial charge < -0.3 is 5.32 Å². The molecule has 0 amide bonds. The number of hydrogen-bond donors (Lipinski definition) is 1. The molecule has 0 spiro atoms. The summed E-state index contributed by atoms with van der Waals surface area (Å²) in [5.74, 6) is 0.832. The standard InChI is InChI=1S/C21H30N6O/c1-16-13-22-15-20(24-16)23-14-18-7-4-5-9-26(18)10-11-27-21(28)12-17-6-2-3-8-19(17)25-27/h12-13,15,18H,2-11,14H2,1H3,(H,23,24). The lowest BCUT2D eigenvalue weighted by atomic mass is 9.97. The fourth-order valence-corrected chi connectivity index (χ4v) is 4.34. The second-order valence-electron chi connectivity index (χ2n) is 8.00. The number of fused-ring (bicyclic) bond motifs is 1. The Balaban J connectivity index is 1.38. The van der Waals surface area contributed by atoms with Crippen LogP contribution in [0.3, 0.4) is 0 Å². The minimum absolute atomic E-state index is 0.0439. The molecule has 1 fully saturated rings. The molecule has 1 aliphatic carbocycles. The van der Waals surface area contributed by atoms with Gasteiger partial charge in [0.05, 0.1) is 24.1 Å². The van der Waals surface area contributed by atoms with E-state index in [1.807, 2.05) is 13.0 Å². The molecule has 28 heavy (non-hydrogen) atoms. The van der Waals surface area contributed by atoms with Gasteiger partial charge in [0.1, 0.15) is 5.82 Å². The van der Waals surface area contributed by atoms with E-state index < -0.39 is 0 Å². The first kappa shape index (κ1) is 19.1. The fourth-order valence-electron chi connectivity index (χ4n) is 4.34. The predicted octanol–water partition coefficient (Wildman–Crippen LogP) is 2.19. The lowest BCUT2D eigenvalue weighted by molar-refractivity contribution is 0.147. The van der Waals surface area contributed by atoms with Crippen molar-refractivity contribution in [3.63, 3.8) is 0 Å². The van der Waals surface area contributed by atoms with E-state index in [-0.39, 0.29) is 5.56 Å². The lowest BCUT2D eigenvalue weighted by Gasteiger charge is -2.36. The van der Waals surface area contributed by atoms with Gasteiger partial charge in [0.15, 0.2) is 0 Å². The maximum Gasteiger partial charge on any atom is 0.267 e. The van der Waals surface area contributed by atoms with Crippen molar-refractivity contribution in [1.29, 1.82) is 0 Å². The summed E-state index contributed by atoms with van der Waals surface area (Å²) in [5.41, 5.74) is 3.25. The van der Waals surface area contributed by atoms with Gasteiger partial charge in [-0.3, -0.25) is 14.7 Å². The summed E-state index contributed by atoms with van der Waals surface area (Å²) in [6, 6.07) is 2.26. The number of rotatable bonds is 6. The number of aryl methyl sites for hydroxylation is 3. The summed E-state index contributed by atoms with van der Waals surface area (Å²) in [6.45, 7) is 5.40. The highest BCUT2D eigenvalue weighted by Gasteiger charge is 2.22. The van der Waals surface area contributed by atoms with Gasteiger partial charge >= 0.3 is 0 Å².